The average Bonchev–Trinajstić information content (AvgIpc) is 2.70. The molecule has 1 atom stereocenters. The second-order valence-corrected chi connectivity index (χ2v) is 8.62. The van der Waals surface area contributed by atoms with Crippen LogP contribution in [-0.4, -0.2) is 35.6 Å². The van der Waals surface area contributed by atoms with Crippen LogP contribution < -0.4 is 5.32 Å². The number of rotatable bonds is 9. The largest absolute Gasteiger partial charge is 0.357 e. The van der Waals surface area contributed by atoms with Gasteiger partial charge in [0.05, 0.1) is 5.75 Å². The molecule has 0 saturated carbocycles. The summed E-state index contributed by atoms with van der Waals surface area (Å²) in [6.07, 6.45) is 0.504. The van der Waals surface area contributed by atoms with E-state index in [9.17, 15) is 9.59 Å². The Balaban J connectivity index is 2.12. The molecule has 29 heavy (non-hydrogen) atoms. The highest BCUT2D eigenvalue weighted by molar-refractivity contribution is 7.99. The molecule has 1 N–H and O–H groups in total. The number of hydrogen-bond donors (Lipinski definition) is 1. The summed E-state index contributed by atoms with van der Waals surface area (Å²) in [6.45, 7) is 2.15. The van der Waals surface area contributed by atoms with E-state index in [4.69, 9.17) is 34.8 Å². The highest BCUT2D eigenvalue weighted by Gasteiger charge is 2.28. The van der Waals surface area contributed by atoms with Crippen molar-refractivity contribution in [2.45, 2.75) is 31.7 Å². The molecule has 0 aliphatic heterocycles. The van der Waals surface area contributed by atoms with E-state index in [0.717, 1.165) is 11.1 Å². The molecule has 0 aliphatic rings. The summed E-state index contributed by atoms with van der Waals surface area (Å²) < 4.78 is 0. The zero-order chi connectivity index (χ0) is 21.4. The molecule has 8 heteroatoms. The molecule has 0 spiro atoms. The summed E-state index contributed by atoms with van der Waals surface area (Å²) in [7, 11) is 1.57. The number of halogens is 3. The lowest BCUT2D eigenvalue weighted by atomic mass is 10.1. The number of carbonyl (C=O) groups excluding carboxylic acids is 2. The fourth-order valence-corrected chi connectivity index (χ4v) is 4.53. The maximum Gasteiger partial charge on any atom is 0.242 e. The average molecular weight is 474 g/mol. The maximum atomic E-state index is 13.0. The molecule has 2 rings (SSSR count). The first kappa shape index (κ1) is 23.9. The van der Waals surface area contributed by atoms with Gasteiger partial charge in [-0.15, -0.1) is 11.8 Å². The van der Waals surface area contributed by atoms with Gasteiger partial charge in [0.15, 0.2) is 0 Å². The van der Waals surface area contributed by atoms with Crippen molar-refractivity contribution >= 4 is 58.4 Å². The third-order valence-corrected chi connectivity index (χ3v) is 6.35. The molecule has 0 aromatic heterocycles. The van der Waals surface area contributed by atoms with E-state index in [1.807, 2.05) is 31.2 Å². The summed E-state index contributed by atoms with van der Waals surface area (Å²) in [6, 6.07) is 12.1. The van der Waals surface area contributed by atoms with Gasteiger partial charge >= 0.3 is 0 Å². The van der Waals surface area contributed by atoms with Gasteiger partial charge in [0.1, 0.15) is 6.04 Å². The van der Waals surface area contributed by atoms with Crippen LogP contribution in [0, 0.1) is 0 Å². The lowest BCUT2D eigenvalue weighted by molar-refractivity contribution is -0.139. The monoisotopic (exact) mass is 472 g/mol. The van der Waals surface area contributed by atoms with E-state index < -0.39 is 6.04 Å². The highest BCUT2D eigenvalue weighted by atomic mass is 35.5. The lowest BCUT2D eigenvalue weighted by Gasteiger charge is -2.30. The van der Waals surface area contributed by atoms with Gasteiger partial charge in [-0.25, -0.2) is 0 Å². The molecule has 0 saturated heterocycles. The number of nitrogens with one attached hydrogen (secondary N) is 1. The number of amides is 2. The SMILES string of the molecule is CC[C@@H](C(=O)NC)N(Cc1ccccc1Cl)C(=O)CSCc1ccc(Cl)cc1Cl. The summed E-state index contributed by atoms with van der Waals surface area (Å²) in [5.74, 6) is 0.462. The topological polar surface area (TPSA) is 49.4 Å². The Morgan fingerprint density at radius 2 is 1.79 bits per heavy atom. The molecule has 0 unspecified atom stereocenters. The smallest absolute Gasteiger partial charge is 0.242 e. The first-order chi connectivity index (χ1) is 13.9. The molecule has 0 radical (unpaired) electrons. The Labute approximate surface area is 190 Å². The maximum absolute atomic E-state index is 13.0. The molecule has 0 aliphatic carbocycles. The first-order valence-electron chi connectivity index (χ1n) is 9.13. The minimum atomic E-state index is -0.566. The number of hydrogen-bond acceptors (Lipinski definition) is 3. The van der Waals surface area contributed by atoms with Gasteiger partial charge in [-0.1, -0.05) is 66.0 Å². The van der Waals surface area contributed by atoms with Crippen LogP contribution in [0.4, 0.5) is 0 Å². The number of nitrogens with zero attached hydrogens (tertiary/aromatic N) is 1. The minimum Gasteiger partial charge on any atom is -0.357 e. The van der Waals surface area contributed by atoms with Gasteiger partial charge in [0, 0.05) is 34.4 Å². The van der Waals surface area contributed by atoms with Gasteiger partial charge in [0.2, 0.25) is 11.8 Å². The van der Waals surface area contributed by atoms with Crippen molar-refractivity contribution in [2.75, 3.05) is 12.8 Å². The van der Waals surface area contributed by atoms with Crippen LogP contribution in [-0.2, 0) is 21.9 Å². The molecule has 4 nitrogen and oxygen atoms in total. The molecule has 0 fully saturated rings. The second-order valence-electron chi connectivity index (χ2n) is 6.38. The Hall–Kier alpha value is -1.40. The third kappa shape index (κ3) is 6.82. The first-order valence-corrected chi connectivity index (χ1v) is 11.4. The van der Waals surface area contributed by atoms with E-state index in [1.54, 1.807) is 30.1 Å². The van der Waals surface area contributed by atoms with Crippen LogP contribution in [0.3, 0.4) is 0 Å². The van der Waals surface area contributed by atoms with E-state index in [-0.39, 0.29) is 24.1 Å². The number of benzene rings is 2. The lowest BCUT2D eigenvalue weighted by Crippen LogP contribution is -2.48. The molecule has 0 bridgehead atoms. The summed E-state index contributed by atoms with van der Waals surface area (Å²) in [5.41, 5.74) is 1.71. The second kappa shape index (κ2) is 11.7. The van der Waals surface area contributed by atoms with Crippen LogP contribution in [0.25, 0.3) is 0 Å². The number of likely N-dealkylation sites (N-methyl/N-ethyl adjacent to an activating group) is 1. The van der Waals surface area contributed by atoms with Gasteiger partial charge in [0.25, 0.3) is 0 Å². The fraction of sp³-hybridized carbons (Fsp3) is 0.333. The van der Waals surface area contributed by atoms with Crippen molar-refractivity contribution in [2.24, 2.45) is 0 Å². The van der Waals surface area contributed by atoms with E-state index in [2.05, 4.69) is 5.32 Å². The Bertz CT molecular complexity index is 864. The van der Waals surface area contributed by atoms with Crippen LogP contribution in [0.5, 0.6) is 0 Å². The van der Waals surface area contributed by atoms with E-state index in [0.29, 0.717) is 27.2 Å². The highest BCUT2D eigenvalue weighted by Crippen LogP contribution is 2.26. The fourth-order valence-electron chi connectivity index (χ4n) is 2.87. The number of carbonyl (C=O) groups is 2. The van der Waals surface area contributed by atoms with Crippen molar-refractivity contribution < 1.29 is 9.59 Å². The van der Waals surface area contributed by atoms with E-state index in [1.165, 1.54) is 11.8 Å². The molecule has 156 valence electrons. The predicted octanol–water partition coefficient (Wildman–Crippen LogP) is 5.43. The Kier molecular flexibility index (Phi) is 9.63. The van der Waals surface area contributed by atoms with Gasteiger partial charge in [-0.2, -0.15) is 0 Å². The summed E-state index contributed by atoms with van der Waals surface area (Å²) in [4.78, 5) is 27.0. The molecule has 2 amide bonds. The van der Waals surface area contributed by atoms with Crippen LogP contribution in [0.2, 0.25) is 15.1 Å². The molecule has 2 aromatic carbocycles. The van der Waals surface area contributed by atoms with Crippen LogP contribution in [0.1, 0.15) is 24.5 Å². The van der Waals surface area contributed by atoms with E-state index >= 15 is 0 Å². The standard InChI is InChI=1S/C21H23Cl3N2O2S/c1-3-19(21(28)25-2)26(11-14-6-4-5-7-17(14)23)20(27)13-29-12-15-8-9-16(22)10-18(15)24/h4-10,19H,3,11-13H2,1-2H3,(H,25,28)/t19-/m0/s1. The number of thioether (sulfide) groups is 1. The van der Waals surface area contributed by atoms with Gasteiger partial charge in [-0.05, 0) is 35.7 Å². The zero-order valence-electron chi connectivity index (χ0n) is 16.3. The van der Waals surface area contributed by atoms with Crippen molar-refractivity contribution in [3.05, 3.63) is 68.7 Å². The van der Waals surface area contributed by atoms with Crippen molar-refractivity contribution in [1.29, 1.82) is 0 Å². The van der Waals surface area contributed by atoms with Crippen molar-refractivity contribution in [3.8, 4) is 0 Å². The Morgan fingerprint density at radius 3 is 2.41 bits per heavy atom. The van der Waals surface area contributed by atoms with Crippen molar-refractivity contribution in [1.82, 2.24) is 10.2 Å². The summed E-state index contributed by atoms with van der Waals surface area (Å²) in [5, 5.41) is 4.35. The van der Waals surface area contributed by atoms with Crippen LogP contribution >= 0.6 is 46.6 Å². The van der Waals surface area contributed by atoms with Gasteiger partial charge in [-0.3, -0.25) is 9.59 Å². The van der Waals surface area contributed by atoms with Gasteiger partial charge < -0.3 is 10.2 Å². The minimum absolute atomic E-state index is 0.129. The molecule has 0 heterocycles. The summed E-state index contributed by atoms with van der Waals surface area (Å²) >= 11 is 19.9. The van der Waals surface area contributed by atoms with Crippen LogP contribution in [0.15, 0.2) is 42.5 Å². The predicted molar refractivity (Wildman–Crippen MR) is 123 cm³/mol. The molecular weight excluding hydrogens is 451 g/mol. The third-order valence-electron chi connectivity index (χ3n) is 4.43. The zero-order valence-corrected chi connectivity index (χ0v) is 19.3. The Morgan fingerprint density at radius 1 is 1.07 bits per heavy atom. The quantitative estimate of drug-likeness (QED) is 0.528. The molecular formula is C21H23Cl3N2O2S. The van der Waals surface area contributed by atoms with Crippen molar-refractivity contribution in [3.63, 3.8) is 0 Å². The normalized spacial score (nSPS) is 11.8. The molecule has 2 aromatic rings.